The van der Waals surface area contributed by atoms with Gasteiger partial charge in [-0.2, -0.15) is 0 Å². The zero-order chi connectivity index (χ0) is 18.8. The quantitative estimate of drug-likeness (QED) is 0.767. The summed E-state index contributed by atoms with van der Waals surface area (Å²) >= 11 is 0. The lowest BCUT2D eigenvalue weighted by Gasteiger charge is -2.25. The normalized spacial score (nSPS) is 15.9. The molecule has 138 valence electrons. The van der Waals surface area contributed by atoms with Crippen molar-refractivity contribution in [2.75, 3.05) is 12.4 Å². The Bertz CT molecular complexity index is 946. The Kier molecular flexibility index (Phi) is 4.64. The highest BCUT2D eigenvalue weighted by Gasteiger charge is 2.26. The van der Waals surface area contributed by atoms with E-state index in [4.69, 9.17) is 9.47 Å². The lowest BCUT2D eigenvalue weighted by molar-refractivity contribution is 0.00263. The van der Waals surface area contributed by atoms with Crippen LogP contribution in [0.25, 0.3) is 0 Å². The molecule has 1 N–H and O–H groups in total. The summed E-state index contributed by atoms with van der Waals surface area (Å²) in [6.07, 6.45) is 1.63. The predicted octanol–water partition coefficient (Wildman–Crippen LogP) is 3.72. The molecule has 4 rings (SSSR count). The van der Waals surface area contributed by atoms with Gasteiger partial charge in [0.2, 0.25) is 0 Å². The highest BCUT2D eigenvalue weighted by Crippen LogP contribution is 2.29. The van der Waals surface area contributed by atoms with Gasteiger partial charge in [-0.1, -0.05) is 29.8 Å². The Morgan fingerprint density at radius 1 is 1.19 bits per heavy atom. The third kappa shape index (κ3) is 3.57. The summed E-state index contributed by atoms with van der Waals surface area (Å²) < 4.78 is 13.2. The molecule has 2 aromatic carbocycles. The maximum Gasteiger partial charge on any atom is 0.276 e. The summed E-state index contributed by atoms with van der Waals surface area (Å²) in [5, 5.41) is 2.89. The highest BCUT2D eigenvalue weighted by molar-refractivity contribution is 6.03. The molecule has 1 aromatic heterocycles. The van der Waals surface area contributed by atoms with Crippen LogP contribution in [-0.2, 0) is 17.9 Å². The molecule has 0 fully saturated rings. The van der Waals surface area contributed by atoms with Crippen LogP contribution in [0.15, 0.2) is 54.9 Å². The monoisotopic (exact) mass is 363 g/mol. The molecular weight excluding hydrogens is 342 g/mol. The first kappa shape index (κ1) is 17.3. The Morgan fingerprint density at radius 2 is 1.93 bits per heavy atom. The second-order valence-corrected chi connectivity index (χ2v) is 6.59. The third-order valence-corrected chi connectivity index (χ3v) is 4.74. The van der Waals surface area contributed by atoms with Crippen LogP contribution in [0.2, 0.25) is 0 Å². The van der Waals surface area contributed by atoms with Gasteiger partial charge in [0.05, 0.1) is 32.3 Å². The van der Waals surface area contributed by atoms with Crippen LogP contribution in [0.5, 0.6) is 5.75 Å². The molecule has 27 heavy (non-hydrogen) atoms. The maximum atomic E-state index is 12.6. The molecule has 0 aliphatic carbocycles. The summed E-state index contributed by atoms with van der Waals surface area (Å²) in [7, 11) is 1.65. The molecule has 0 saturated carbocycles. The lowest BCUT2D eigenvalue weighted by atomic mass is 10.1. The average molecular weight is 363 g/mol. The van der Waals surface area contributed by atoms with E-state index in [1.807, 2.05) is 60.0 Å². The number of amides is 1. The fourth-order valence-corrected chi connectivity index (χ4v) is 3.16. The standard InChI is InChI=1S/C21H21N3O3/c1-14-3-7-16(8-4-14)23-21(25)20-18-12-27-19(11-24(18)13-22-20)15-5-9-17(26-2)10-6-15/h3-10,13,19H,11-12H2,1-2H3,(H,23,25)/t19-/m1/s1. The Labute approximate surface area is 157 Å². The van der Waals surface area contributed by atoms with Crippen LogP contribution in [0, 0.1) is 6.92 Å². The van der Waals surface area contributed by atoms with Crippen molar-refractivity contribution in [1.82, 2.24) is 9.55 Å². The molecular formula is C21H21N3O3. The SMILES string of the molecule is COc1ccc([C@H]2Cn3cnc(C(=O)Nc4ccc(C)cc4)c3CO2)cc1. The number of benzene rings is 2. The second-order valence-electron chi connectivity index (χ2n) is 6.59. The van der Waals surface area contributed by atoms with E-state index >= 15 is 0 Å². The number of anilines is 1. The number of methoxy groups -OCH3 is 1. The number of fused-ring (bicyclic) bond motifs is 1. The number of imidazole rings is 1. The van der Waals surface area contributed by atoms with Crippen molar-refractivity contribution < 1.29 is 14.3 Å². The fourth-order valence-electron chi connectivity index (χ4n) is 3.16. The van der Waals surface area contributed by atoms with Gasteiger partial charge >= 0.3 is 0 Å². The molecule has 1 atom stereocenters. The number of hydrogen-bond acceptors (Lipinski definition) is 4. The zero-order valence-electron chi connectivity index (χ0n) is 15.3. The Morgan fingerprint density at radius 3 is 2.63 bits per heavy atom. The Hall–Kier alpha value is -3.12. The maximum absolute atomic E-state index is 12.6. The molecule has 0 saturated heterocycles. The molecule has 0 radical (unpaired) electrons. The van der Waals surface area contributed by atoms with E-state index in [2.05, 4.69) is 10.3 Å². The summed E-state index contributed by atoms with van der Waals surface area (Å²) in [5.74, 6) is 0.590. The number of aryl methyl sites for hydroxylation is 1. The molecule has 0 unspecified atom stereocenters. The molecule has 1 amide bonds. The van der Waals surface area contributed by atoms with Gasteiger partial charge in [-0.3, -0.25) is 4.79 Å². The smallest absolute Gasteiger partial charge is 0.276 e. The number of nitrogens with zero attached hydrogens (tertiary/aromatic N) is 2. The molecule has 1 aliphatic heterocycles. The van der Waals surface area contributed by atoms with E-state index in [-0.39, 0.29) is 12.0 Å². The number of ether oxygens (including phenoxy) is 2. The minimum absolute atomic E-state index is 0.0781. The summed E-state index contributed by atoms with van der Waals surface area (Å²) in [6, 6.07) is 15.5. The van der Waals surface area contributed by atoms with Crippen molar-refractivity contribution >= 4 is 11.6 Å². The minimum atomic E-state index is -0.223. The van der Waals surface area contributed by atoms with Gasteiger partial charge in [0.1, 0.15) is 11.9 Å². The summed E-state index contributed by atoms with van der Waals surface area (Å²) in [6.45, 7) is 2.97. The van der Waals surface area contributed by atoms with E-state index in [0.717, 1.165) is 28.3 Å². The molecule has 6 heteroatoms. The van der Waals surface area contributed by atoms with Gasteiger partial charge in [-0.15, -0.1) is 0 Å². The number of hydrogen-bond donors (Lipinski definition) is 1. The minimum Gasteiger partial charge on any atom is -0.497 e. The first-order valence-corrected chi connectivity index (χ1v) is 8.81. The van der Waals surface area contributed by atoms with Crippen LogP contribution in [-0.4, -0.2) is 22.6 Å². The molecule has 0 bridgehead atoms. The van der Waals surface area contributed by atoms with Gasteiger partial charge in [0, 0.05) is 5.69 Å². The van der Waals surface area contributed by atoms with E-state index < -0.39 is 0 Å². The highest BCUT2D eigenvalue weighted by atomic mass is 16.5. The summed E-state index contributed by atoms with van der Waals surface area (Å²) in [4.78, 5) is 16.9. The zero-order valence-corrected chi connectivity index (χ0v) is 15.3. The van der Waals surface area contributed by atoms with Gasteiger partial charge in [-0.25, -0.2) is 4.98 Å². The van der Waals surface area contributed by atoms with Gasteiger partial charge in [0.25, 0.3) is 5.91 Å². The van der Waals surface area contributed by atoms with Crippen molar-refractivity contribution in [3.05, 3.63) is 77.4 Å². The fraction of sp³-hybridized carbons (Fsp3) is 0.238. The molecule has 2 heterocycles. The van der Waals surface area contributed by atoms with Gasteiger partial charge < -0.3 is 19.4 Å². The number of carbonyl (C=O) groups excluding carboxylic acids is 1. The van der Waals surface area contributed by atoms with Crippen molar-refractivity contribution in [2.24, 2.45) is 0 Å². The van der Waals surface area contributed by atoms with Crippen LogP contribution in [0.1, 0.15) is 33.4 Å². The van der Waals surface area contributed by atoms with Crippen LogP contribution in [0.3, 0.4) is 0 Å². The molecule has 6 nitrogen and oxygen atoms in total. The van der Waals surface area contributed by atoms with Crippen LogP contribution in [0.4, 0.5) is 5.69 Å². The summed E-state index contributed by atoms with van der Waals surface area (Å²) in [5.41, 5.74) is 4.17. The number of nitrogens with one attached hydrogen (secondary N) is 1. The van der Waals surface area contributed by atoms with E-state index in [0.29, 0.717) is 18.8 Å². The average Bonchev–Trinajstić information content (AvgIpc) is 3.13. The van der Waals surface area contributed by atoms with Gasteiger partial charge in [-0.05, 0) is 36.8 Å². The van der Waals surface area contributed by atoms with Crippen LogP contribution < -0.4 is 10.1 Å². The van der Waals surface area contributed by atoms with Crippen molar-refractivity contribution in [1.29, 1.82) is 0 Å². The molecule has 1 aliphatic rings. The first-order chi connectivity index (χ1) is 13.1. The second kappa shape index (κ2) is 7.25. The topological polar surface area (TPSA) is 65.4 Å². The van der Waals surface area contributed by atoms with Crippen molar-refractivity contribution in [2.45, 2.75) is 26.2 Å². The Balaban J connectivity index is 1.49. The third-order valence-electron chi connectivity index (χ3n) is 4.74. The van der Waals surface area contributed by atoms with Crippen molar-refractivity contribution in [3.63, 3.8) is 0 Å². The largest absolute Gasteiger partial charge is 0.497 e. The van der Waals surface area contributed by atoms with E-state index in [9.17, 15) is 4.79 Å². The number of carbonyl (C=O) groups is 1. The van der Waals surface area contributed by atoms with Crippen molar-refractivity contribution in [3.8, 4) is 5.75 Å². The number of rotatable bonds is 4. The number of aromatic nitrogens is 2. The molecule has 0 spiro atoms. The first-order valence-electron chi connectivity index (χ1n) is 8.81. The molecule has 3 aromatic rings. The van der Waals surface area contributed by atoms with Gasteiger partial charge in [0.15, 0.2) is 5.69 Å². The van der Waals surface area contributed by atoms with Crippen LogP contribution >= 0.6 is 0 Å². The van der Waals surface area contributed by atoms with E-state index in [1.54, 1.807) is 13.4 Å². The van der Waals surface area contributed by atoms with E-state index in [1.165, 1.54) is 0 Å². The predicted molar refractivity (Wildman–Crippen MR) is 102 cm³/mol. The lowest BCUT2D eigenvalue weighted by Crippen LogP contribution is -2.23.